The van der Waals surface area contributed by atoms with Gasteiger partial charge in [0.1, 0.15) is 0 Å². The highest BCUT2D eigenvalue weighted by Crippen LogP contribution is 2.36. The third-order valence-electron chi connectivity index (χ3n) is 3.86. The van der Waals surface area contributed by atoms with E-state index in [2.05, 4.69) is 88.2 Å². The summed E-state index contributed by atoms with van der Waals surface area (Å²) in [6, 6.07) is 21.0. The van der Waals surface area contributed by atoms with Crippen LogP contribution >= 0.6 is 0 Å². The molecule has 0 unspecified atom stereocenters. The number of rotatable bonds is 2. The van der Waals surface area contributed by atoms with Gasteiger partial charge in [-0.3, -0.25) is 0 Å². The molecule has 4 rings (SSSR count). The molecule has 0 radical (unpaired) electrons. The van der Waals surface area contributed by atoms with Crippen LogP contribution in [0.3, 0.4) is 0 Å². The maximum atomic E-state index is 4.15. The predicted molar refractivity (Wildman–Crippen MR) is 87.3 cm³/mol. The summed E-state index contributed by atoms with van der Waals surface area (Å²) in [5, 5.41) is 16.9. The molecule has 0 atom stereocenters. The Bertz CT molecular complexity index is 925. The van der Waals surface area contributed by atoms with E-state index in [0.29, 0.717) is 5.82 Å². The van der Waals surface area contributed by atoms with Crippen LogP contribution in [-0.2, 0) is 0 Å². The average Bonchev–Trinajstić information content (AvgIpc) is 3.09. The molecule has 3 aromatic carbocycles. The predicted octanol–water partition coefficient (Wildman–Crippen LogP) is 4.00. The first-order chi connectivity index (χ1) is 10.8. The van der Waals surface area contributed by atoms with Crippen LogP contribution in [0.2, 0.25) is 0 Å². The topological polar surface area (TPSA) is 54.5 Å². The minimum absolute atomic E-state index is 0.612. The van der Waals surface area contributed by atoms with Gasteiger partial charge in [-0.05, 0) is 34.5 Å². The summed E-state index contributed by atoms with van der Waals surface area (Å²) in [5.41, 5.74) is 4.52. The van der Waals surface area contributed by atoms with E-state index in [0.717, 1.165) is 16.7 Å². The first-order valence-electron chi connectivity index (χ1n) is 7.15. The highest BCUT2D eigenvalue weighted by Gasteiger charge is 2.14. The molecule has 0 bridgehead atoms. The van der Waals surface area contributed by atoms with Crippen molar-refractivity contribution in [3.63, 3.8) is 0 Å². The number of nitrogens with zero attached hydrogens (tertiary/aromatic N) is 3. The van der Waals surface area contributed by atoms with Gasteiger partial charge < -0.3 is 0 Å². The second kappa shape index (κ2) is 5.07. The standard InChI is InChI=1S/C18H14N4/c1-12-6-8-14(9-7-12)17-15-5-3-2-4-13(15)10-11-16(17)18-19-21-22-20-18/h2-11H,1H3,(H,19,20,21,22). The zero-order valence-corrected chi connectivity index (χ0v) is 12.1. The second-order valence-electron chi connectivity index (χ2n) is 5.31. The lowest BCUT2D eigenvalue weighted by molar-refractivity contribution is 0.881. The number of fused-ring (bicyclic) bond motifs is 1. The van der Waals surface area contributed by atoms with Crippen LogP contribution in [0.25, 0.3) is 33.3 Å². The van der Waals surface area contributed by atoms with Crippen LogP contribution in [-0.4, -0.2) is 20.6 Å². The number of aromatic nitrogens is 4. The highest BCUT2D eigenvalue weighted by atomic mass is 15.5. The van der Waals surface area contributed by atoms with E-state index in [4.69, 9.17) is 0 Å². The van der Waals surface area contributed by atoms with Crippen LogP contribution in [0.4, 0.5) is 0 Å². The van der Waals surface area contributed by atoms with E-state index in [9.17, 15) is 0 Å². The minimum atomic E-state index is 0.612. The number of aromatic amines is 1. The summed E-state index contributed by atoms with van der Waals surface area (Å²) in [4.78, 5) is 0. The van der Waals surface area contributed by atoms with E-state index in [1.807, 2.05) is 0 Å². The number of benzene rings is 3. The van der Waals surface area contributed by atoms with Crippen molar-refractivity contribution < 1.29 is 0 Å². The fourth-order valence-corrected chi connectivity index (χ4v) is 2.77. The number of H-pyrrole nitrogens is 1. The molecule has 0 spiro atoms. The zero-order valence-electron chi connectivity index (χ0n) is 12.1. The molecule has 4 aromatic rings. The van der Waals surface area contributed by atoms with Gasteiger partial charge in [-0.1, -0.05) is 60.2 Å². The lowest BCUT2D eigenvalue weighted by Gasteiger charge is -2.11. The number of aryl methyl sites for hydroxylation is 1. The van der Waals surface area contributed by atoms with Gasteiger partial charge in [0, 0.05) is 11.1 Å². The molecule has 1 N–H and O–H groups in total. The van der Waals surface area contributed by atoms with E-state index in [-0.39, 0.29) is 0 Å². The first kappa shape index (κ1) is 12.7. The molecule has 1 aromatic heterocycles. The van der Waals surface area contributed by atoms with Crippen LogP contribution in [0.5, 0.6) is 0 Å². The van der Waals surface area contributed by atoms with Crippen molar-refractivity contribution in [3.8, 4) is 22.5 Å². The molecular formula is C18H14N4. The summed E-state index contributed by atoms with van der Waals surface area (Å²) in [6.07, 6.45) is 0. The van der Waals surface area contributed by atoms with Crippen LogP contribution in [0, 0.1) is 6.92 Å². The zero-order chi connectivity index (χ0) is 14.9. The van der Waals surface area contributed by atoms with Crippen molar-refractivity contribution in [1.29, 1.82) is 0 Å². The Hall–Kier alpha value is -3.01. The van der Waals surface area contributed by atoms with Crippen molar-refractivity contribution in [1.82, 2.24) is 20.6 Å². The van der Waals surface area contributed by atoms with Gasteiger partial charge in [-0.2, -0.15) is 5.21 Å². The Morgan fingerprint density at radius 1 is 0.864 bits per heavy atom. The average molecular weight is 286 g/mol. The normalized spacial score (nSPS) is 11.0. The summed E-state index contributed by atoms with van der Waals surface area (Å²) < 4.78 is 0. The molecule has 4 heteroatoms. The Morgan fingerprint density at radius 3 is 2.45 bits per heavy atom. The fourth-order valence-electron chi connectivity index (χ4n) is 2.77. The number of nitrogens with one attached hydrogen (secondary N) is 1. The van der Waals surface area contributed by atoms with E-state index >= 15 is 0 Å². The van der Waals surface area contributed by atoms with E-state index < -0.39 is 0 Å². The van der Waals surface area contributed by atoms with E-state index in [1.54, 1.807) is 0 Å². The van der Waals surface area contributed by atoms with Gasteiger partial charge >= 0.3 is 0 Å². The summed E-state index contributed by atoms with van der Waals surface area (Å²) in [7, 11) is 0. The minimum Gasteiger partial charge on any atom is -0.177 e. The molecule has 0 amide bonds. The maximum Gasteiger partial charge on any atom is 0.205 e. The second-order valence-corrected chi connectivity index (χ2v) is 5.31. The molecule has 0 fully saturated rings. The van der Waals surface area contributed by atoms with Crippen molar-refractivity contribution >= 4 is 10.8 Å². The molecular weight excluding hydrogens is 272 g/mol. The molecule has 0 aliphatic heterocycles. The first-order valence-corrected chi connectivity index (χ1v) is 7.15. The molecule has 106 valence electrons. The fraction of sp³-hybridized carbons (Fsp3) is 0.0556. The van der Waals surface area contributed by atoms with Crippen LogP contribution < -0.4 is 0 Å². The van der Waals surface area contributed by atoms with Crippen molar-refractivity contribution in [3.05, 3.63) is 66.2 Å². The molecule has 0 saturated carbocycles. The lowest BCUT2D eigenvalue weighted by atomic mass is 9.92. The van der Waals surface area contributed by atoms with Gasteiger partial charge in [0.25, 0.3) is 0 Å². The molecule has 0 aliphatic carbocycles. The maximum absolute atomic E-state index is 4.15. The van der Waals surface area contributed by atoms with Gasteiger partial charge in [0.15, 0.2) is 0 Å². The van der Waals surface area contributed by atoms with Crippen LogP contribution in [0.1, 0.15) is 5.56 Å². The van der Waals surface area contributed by atoms with Gasteiger partial charge in [0.05, 0.1) is 0 Å². The third-order valence-corrected chi connectivity index (χ3v) is 3.86. The SMILES string of the molecule is Cc1ccc(-c2c(-c3nn[nH]n3)ccc3ccccc23)cc1. The largest absolute Gasteiger partial charge is 0.205 e. The Morgan fingerprint density at radius 2 is 1.68 bits per heavy atom. The van der Waals surface area contributed by atoms with Crippen molar-refractivity contribution in [2.45, 2.75) is 6.92 Å². The molecule has 22 heavy (non-hydrogen) atoms. The van der Waals surface area contributed by atoms with Gasteiger partial charge in [0.2, 0.25) is 5.82 Å². The highest BCUT2D eigenvalue weighted by molar-refractivity contribution is 6.03. The quantitative estimate of drug-likeness (QED) is 0.606. The van der Waals surface area contributed by atoms with Gasteiger partial charge in [-0.15, -0.1) is 10.2 Å². The Kier molecular flexibility index (Phi) is 2.93. The van der Waals surface area contributed by atoms with Gasteiger partial charge in [-0.25, -0.2) is 0 Å². The molecule has 1 heterocycles. The summed E-state index contributed by atoms with van der Waals surface area (Å²) in [6.45, 7) is 2.09. The number of tetrazole rings is 1. The summed E-state index contributed by atoms with van der Waals surface area (Å²) >= 11 is 0. The van der Waals surface area contributed by atoms with Crippen molar-refractivity contribution in [2.24, 2.45) is 0 Å². The number of hydrogen-bond donors (Lipinski definition) is 1. The van der Waals surface area contributed by atoms with E-state index in [1.165, 1.54) is 16.3 Å². The van der Waals surface area contributed by atoms with Crippen LogP contribution in [0.15, 0.2) is 60.7 Å². The molecule has 0 aliphatic rings. The monoisotopic (exact) mass is 286 g/mol. The smallest absolute Gasteiger partial charge is 0.177 e. The summed E-state index contributed by atoms with van der Waals surface area (Å²) in [5.74, 6) is 0.612. The Balaban J connectivity index is 2.08. The molecule has 4 nitrogen and oxygen atoms in total. The Labute approximate surface area is 127 Å². The molecule has 0 saturated heterocycles. The third kappa shape index (κ3) is 2.05. The van der Waals surface area contributed by atoms with Crippen molar-refractivity contribution in [2.75, 3.05) is 0 Å². The number of hydrogen-bond acceptors (Lipinski definition) is 3. The lowest BCUT2D eigenvalue weighted by Crippen LogP contribution is -1.90.